The molecule has 0 spiro atoms. The molecule has 1 heterocycles. The molecule has 0 aliphatic carbocycles. The van der Waals surface area contributed by atoms with Gasteiger partial charge in [0.1, 0.15) is 18.8 Å². The third-order valence-corrected chi connectivity index (χ3v) is 14.7. The lowest BCUT2D eigenvalue weighted by atomic mass is 9.98. The molecule has 0 amide bonds. The number of carboxylic acids is 1. The Morgan fingerprint density at radius 2 is 0.778 bits per heavy atom. The lowest BCUT2D eigenvalue weighted by molar-refractivity contribution is -0.301. The highest BCUT2D eigenvalue weighted by atomic mass is 16.7. The first-order valence-corrected chi connectivity index (χ1v) is 32.9. The van der Waals surface area contributed by atoms with Crippen molar-refractivity contribution < 1.29 is 58.2 Å². The monoisotopic (exact) mass is 1140 g/mol. The van der Waals surface area contributed by atoms with E-state index in [2.05, 4.69) is 93.7 Å². The van der Waals surface area contributed by atoms with Crippen LogP contribution in [0.1, 0.15) is 290 Å². The van der Waals surface area contributed by atoms with Gasteiger partial charge in [0.25, 0.3) is 0 Å². The summed E-state index contributed by atoms with van der Waals surface area (Å²) in [7, 11) is 0. The molecule has 1 fully saturated rings. The summed E-state index contributed by atoms with van der Waals surface area (Å²) in [5.41, 5.74) is 0. The fourth-order valence-corrected chi connectivity index (χ4v) is 9.70. The fraction of sp³-hybridized carbons (Fsp3) is 0.768. The zero-order valence-corrected chi connectivity index (χ0v) is 51.5. The molecule has 1 saturated heterocycles. The van der Waals surface area contributed by atoms with E-state index in [1.165, 1.54) is 141 Å². The number of esters is 3. The quantitative estimate of drug-likeness (QED) is 0.0228. The van der Waals surface area contributed by atoms with Crippen molar-refractivity contribution in [1.82, 2.24) is 0 Å². The molecule has 0 aromatic rings. The summed E-state index contributed by atoms with van der Waals surface area (Å²) in [4.78, 5) is 51.3. The molecular formula is C69H118O12. The Morgan fingerprint density at radius 3 is 1.22 bits per heavy atom. The SMILES string of the molecule is CC/C=C\C/C=C\C/C=C\C/C=C\CCCCC(=O)OC1C(OCC(COC(=O)CCCCCCCCCCC/C=C\CCCCCCCC)OC(=O)CCCCCCCCC/C=C\CCCCCCCC)OC(C(=O)O)C(O)C1O. The Bertz CT molecular complexity index is 1680. The highest BCUT2D eigenvalue weighted by Crippen LogP contribution is 2.26. The Labute approximate surface area is 493 Å². The van der Waals surface area contributed by atoms with Crippen molar-refractivity contribution in [3.63, 3.8) is 0 Å². The number of rotatable bonds is 56. The molecule has 1 aliphatic rings. The molecule has 6 unspecified atom stereocenters. The molecule has 1 aliphatic heterocycles. The summed E-state index contributed by atoms with van der Waals surface area (Å²) in [5, 5.41) is 31.6. The molecule has 81 heavy (non-hydrogen) atoms. The van der Waals surface area contributed by atoms with Gasteiger partial charge in [0.05, 0.1) is 6.61 Å². The molecule has 0 aromatic heterocycles. The second-order valence-electron chi connectivity index (χ2n) is 22.4. The molecule has 3 N–H and O–H groups in total. The van der Waals surface area contributed by atoms with Crippen molar-refractivity contribution >= 4 is 23.9 Å². The summed E-state index contributed by atoms with van der Waals surface area (Å²) in [6, 6.07) is 0. The van der Waals surface area contributed by atoms with Crippen molar-refractivity contribution in [3.8, 4) is 0 Å². The third kappa shape index (κ3) is 46.3. The van der Waals surface area contributed by atoms with Crippen LogP contribution in [-0.2, 0) is 42.9 Å². The minimum absolute atomic E-state index is 0.00673. The van der Waals surface area contributed by atoms with Crippen LogP contribution in [0.5, 0.6) is 0 Å². The molecule has 0 bridgehead atoms. The molecule has 12 heteroatoms. The van der Waals surface area contributed by atoms with Crippen LogP contribution in [0.25, 0.3) is 0 Å². The van der Waals surface area contributed by atoms with Crippen LogP contribution in [0.3, 0.4) is 0 Å². The van der Waals surface area contributed by atoms with Crippen LogP contribution in [0.2, 0.25) is 0 Å². The molecule has 0 saturated carbocycles. The van der Waals surface area contributed by atoms with E-state index in [4.69, 9.17) is 23.7 Å². The second-order valence-corrected chi connectivity index (χ2v) is 22.4. The highest BCUT2D eigenvalue weighted by Gasteiger charge is 2.50. The predicted molar refractivity (Wildman–Crippen MR) is 331 cm³/mol. The van der Waals surface area contributed by atoms with Crippen LogP contribution in [-0.4, -0.2) is 89.2 Å². The van der Waals surface area contributed by atoms with E-state index in [1.807, 2.05) is 0 Å². The molecular weight excluding hydrogens is 1020 g/mol. The van der Waals surface area contributed by atoms with Gasteiger partial charge < -0.3 is 39.0 Å². The molecule has 6 atom stereocenters. The number of aliphatic hydroxyl groups excluding tert-OH is 2. The number of aliphatic hydroxyl groups is 2. The fourth-order valence-electron chi connectivity index (χ4n) is 9.70. The maximum Gasteiger partial charge on any atom is 0.335 e. The number of hydrogen-bond acceptors (Lipinski definition) is 11. The van der Waals surface area contributed by atoms with E-state index >= 15 is 0 Å². The van der Waals surface area contributed by atoms with Crippen molar-refractivity contribution in [2.75, 3.05) is 13.2 Å². The summed E-state index contributed by atoms with van der Waals surface area (Å²) in [5.74, 6) is -3.17. The van der Waals surface area contributed by atoms with Crippen LogP contribution < -0.4 is 0 Å². The minimum Gasteiger partial charge on any atom is -0.479 e. The number of hydrogen-bond donors (Lipinski definition) is 3. The van der Waals surface area contributed by atoms with Gasteiger partial charge >= 0.3 is 23.9 Å². The van der Waals surface area contributed by atoms with Crippen LogP contribution >= 0.6 is 0 Å². The number of carbonyl (C=O) groups excluding carboxylic acids is 3. The average molecular weight is 1140 g/mol. The van der Waals surface area contributed by atoms with Gasteiger partial charge in [0.2, 0.25) is 0 Å². The Kier molecular flexibility index (Phi) is 52.6. The minimum atomic E-state index is -1.92. The van der Waals surface area contributed by atoms with E-state index in [0.717, 1.165) is 83.5 Å². The number of ether oxygens (including phenoxy) is 5. The average Bonchev–Trinajstić information content (AvgIpc) is 3.53. The summed E-state index contributed by atoms with van der Waals surface area (Å²) < 4.78 is 28.5. The van der Waals surface area contributed by atoms with Crippen LogP contribution in [0.15, 0.2) is 72.9 Å². The summed E-state index contributed by atoms with van der Waals surface area (Å²) >= 11 is 0. The smallest absolute Gasteiger partial charge is 0.335 e. The topological polar surface area (TPSA) is 175 Å². The molecule has 0 aromatic carbocycles. The van der Waals surface area contributed by atoms with E-state index < -0.39 is 67.3 Å². The lowest BCUT2D eigenvalue weighted by Crippen LogP contribution is -2.61. The summed E-state index contributed by atoms with van der Waals surface area (Å²) in [6.07, 6.45) is 60.1. The Hall–Kier alpha value is -3.84. The van der Waals surface area contributed by atoms with Gasteiger partial charge in [-0.15, -0.1) is 0 Å². The Morgan fingerprint density at radius 1 is 0.420 bits per heavy atom. The molecule has 466 valence electrons. The van der Waals surface area contributed by atoms with Gasteiger partial charge in [-0.3, -0.25) is 14.4 Å². The van der Waals surface area contributed by atoms with Crippen LogP contribution in [0, 0.1) is 0 Å². The van der Waals surface area contributed by atoms with Gasteiger partial charge in [-0.05, 0) is 109 Å². The normalized spacial score (nSPS) is 18.2. The second kappa shape index (κ2) is 56.6. The van der Waals surface area contributed by atoms with Crippen molar-refractivity contribution in [2.45, 2.75) is 327 Å². The maximum absolute atomic E-state index is 13.2. The number of carbonyl (C=O) groups is 4. The predicted octanol–water partition coefficient (Wildman–Crippen LogP) is 17.7. The molecule has 12 nitrogen and oxygen atoms in total. The zero-order valence-electron chi connectivity index (χ0n) is 51.5. The largest absolute Gasteiger partial charge is 0.479 e. The van der Waals surface area contributed by atoms with E-state index in [1.54, 1.807) is 0 Å². The molecule has 1 rings (SSSR count). The van der Waals surface area contributed by atoms with Crippen molar-refractivity contribution in [1.29, 1.82) is 0 Å². The zero-order chi connectivity index (χ0) is 58.9. The van der Waals surface area contributed by atoms with Gasteiger partial charge in [0, 0.05) is 19.3 Å². The first kappa shape index (κ1) is 75.2. The van der Waals surface area contributed by atoms with Gasteiger partial charge in [-0.25, -0.2) is 4.79 Å². The first-order chi connectivity index (χ1) is 39.6. The van der Waals surface area contributed by atoms with Gasteiger partial charge in [-0.2, -0.15) is 0 Å². The van der Waals surface area contributed by atoms with Crippen molar-refractivity contribution in [3.05, 3.63) is 72.9 Å². The Balaban J connectivity index is 2.67. The molecule has 0 radical (unpaired) electrons. The van der Waals surface area contributed by atoms with Gasteiger partial charge in [0.15, 0.2) is 24.6 Å². The number of aliphatic carboxylic acids is 1. The maximum atomic E-state index is 13.2. The van der Waals surface area contributed by atoms with Crippen molar-refractivity contribution in [2.24, 2.45) is 0 Å². The standard InChI is InChI=1S/C69H118O12/c1-4-7-10-13-16-19-22-25-28-30-31-33-35-37-40-43-46-49-52-55-61(70)77-58-60(79-62(71)56-53-50-47-44-41-39-36-32-29-26-23-20-17-14-11-8-5-2)59-78-69-67(65(74)64(73)66(81-69)68(75)76)80-63(72)57-54-51-48-45-42-38-34-27-24-21-18-15-12-9-6-3/h9,12,18,21,25-29,34,42,45,60,64-67,69,73-74H,4-8,10-11,13-17,19-20,22-24,30-33,35-41,43-44,46-59H2,1-3H3,(H,75,76)/b12-9-,21-18-,28-25-,29-26-,34-27-,45-42-. The highest BCUT2D eigenvalue weighted by molar-refractivity contribution is 5.74. The van der Waals surface area contributed by atoms with Gasteiger partial charge in [-0.1, -0.05) is 235 Å². The third-order valence-electron chi connectivity index (χ3n) is 14.7. The summed E-state index contributed by atoms with van der Waals surface area (Å²) in [6.45, 7) is 5.88. The van der Waals surface area contributed by atoms with E-state index in [9.17, 15) is 34.5 Å². The number of unbranched alkanes of at least 4 members (excludes halogenated alkanes) is 30. The van der Waals surface area contributed by atoms with E-state index in [-0.39, 0.29) is 25.9 Å². The first-order valence-electron chi connectivity index (χ1n) is 32.9. The number of carboxylic acid groups (broad SMARTS) is 1. The van der Waals surface area contributed by atoms with Crippen LogP contribution in [0.4, 0.5) is 0 Å². The van der Waals surface area contributed by atoms with E-state index in [0.29, 0.717) is 25.7 Å². The number of allylic oxidation sites excluding steroid dienone is 12. The lowest BCUT2D eigenvalue weighted by Gasteiger charge is -2.40.